The highest BCUT2D eigenvalue weighted by Crippen LogP contribution is 2.32. The molecule has 0 spiro atoms. The smallest absolute Gasteiger partial charge is 0.247 e. The summed E-state index contributed by atoms with van der Waals surface area (Å²) in [7, 11) is 0. The van der Waals surface area contributed by atoms with E-state index in [1.54, 1.807) is 36.5 Å². The number of nitrogens with zero attached hydrogens (tertiary/aromatic N) is 5. The van der Waals surface area contributed by atoms with E-state index in [-0.39, 0.29) is 37.2 Å². The number of pyridine rings is 1. The van der Waals surface area contributed by atoms with E-state index in [0.29, 0.717) is 30.0 Å². The zero-order chi connectivity index (χ0) is 27.8. The van der Waals surface area contributed by atoms with Gasteiger partial charge in [-0.1, -0.05) is 49.7 Å². The molecule has 1 aromatic carbocycles. The summed E-state index contributed by atoms with van der Waals surface area (Å²) < 4.78 is 0. The second kappa shape index (κ2) is 12.7. The highest BCUT2D eigenvalue weighted by molar-refractivity contribution is 6.05. The lowest BCUT2D eigenvalue weighted by Gasteiger charge is -2.26. The van der Waals surface area contributed by atoms with Gasteiger partial charge in [-0.2, -0.15) is 5.21 Å². The number of fused-ring (bicyclic) bond motifs is 1. The van der Waals surface area contributed by atoms with E-state index in [4.69, 9.17) is 0 Å². The monoisotopic (exact) mass is 533 g/mol. The average Bonchev–Trinajstić information content (AvgIpc) is 3.61. The van der Waals surface area contributed by atoms with Crippen LogP contribution in [0.1, 0.15) is 37.4 Å². The van der Waals surface area contributed by atoms with Crippen LogP contribution in [-0.2, 0) is 38.6 Å². The topological polar surface area (TPSA) is 175 Å². The summed E-state index contributed by atoms with van der Waals surface area (Å²) >= 11 is 0. The molecule has 0 bridgehead atoms. The highest BCUT2D eigenvalue weighted by Gasteiger charge is 2.38. The molecule has 2 unspecified atom stereocenters. The molecule has 4 rings (SSSR count). The second-order valence-corrected chi connectivity index (χ2v) is 9.30. The minimum atomic E-state index is -0.834. The Balaban J connectivity index is 1.41. The van der Waals surface area contributed by atoms with Crippen LogP contribution < -0.4 is 20.9 Å². The summed E-state index contributed by atoms with van der Waals surface area (Å²) in [4.78, 5) is 57.7. The molecule has 0 radical (unpaired) electrons. The van der Waals surface area contributed by atoms with Crippen molar-refractivity contribution in [1.82, 2.24) is 41.6 Å². The van der Waals surface area contributed by atoms with Crippen LogP contribution >= 0.6 is 0 Å². The van der Waals surface area contributed by atoms with Crippen molar-refractivity contribution < 1.29 is 19.2 Å². The number of H-pyrrole nitrogens is 1. The Labute approximate surface area is 225 Å². The fraction of sp³-hybridized carbons (Fsp3) is 0.385. The van der Waals surface area contributed by atoms with Crippen LogP contribution in [0.15, 0.2) is 48.7 Å². The number of aromatic amines is 1. The maximum Gasteiger partial charge on any atom is 0.247 e. The molecule has 1 aliphatic heterocycles. The minimum Gasteiger partial charge on any atom is -0.347 e. The molecular formula is C26H31N9O4. The SMILES string of the molecule is CCC(C)C(NC(=O)Cc1ccccn1)C(=O)NCC(=O)N1c2ccccc2C[C@H]1C(=O)NCc1nn[nH]n1. The third kappa shape index (κ3) is 6.80. The Morgan fingerprint density at radius 3 is 2.62 bits per heavy atom. The largest absolute Gasteiger partial charge is 0.347 e. The van der Waals surface area contributed by atoms with Crippen LogP contribution in [0, 0.1) is 5.92 Å². The number of rotatable bonds is 11. The Morgan fingerprint density at radius 2 is 1.90 bits per heavy atom. The maximum absolute atomic E-state index is 13.4. The first-order chi connectivity index (χ1) is 18.9. The quantitative estimate of drug-likeness (QED) is 0.268. The number of aromatic nitrogens is 5. The van der Waals surface area contributed by atoms with Crippen molar-refractivity contribution in [2.45, 2.75) is 51.7 Å². The Bertz CT molecular complexity index is 1300. The Kier molecular flexibility index (Phi) is 8.92. The van der Waals surface area contributed by atoms with E-state index in [9.17, 15) is 19.2 Å². The third-order valence-electron chi connectivity index (χ3n) is 6.65. The molecule has 0 aliphatic carbocycles. The van der Waals surface area contributed by atoms with Crippen molar-refractivity contribution in [3.8, 4) is 0 Å². The van der Waals surface area contributed by atoms with Gasteiger partial charge in [0.25, 0.3) is 0 Å². The van der Waals surface area contributed by atoms with Crippen LogP contribution in [0.4, 0.5) is 5.69 Å². The lowest BCUT2D eigenvalue weighted by molar-refractivity contribution is -0.131. The van der Waals surface area contributed by atoms with Gasteiger partial charge in [-0.3, -0.25) is 29.1 Å². The van der Waals surface area contributed by atoms with E-state index in [1.165, 1.54) is 4.90 Å². The highest BCUT2D eigenvalue weighted by atomic mass is 16.2. The van der Waals surface area contributed by atoms with Crippen molar-refractivity contribution in [3.63, 3.8) is 0 Å². The van der Waals surface area contributed by atoms with Gasteiger partial charge in [-0.15, -0.1) is 10.2 Å². The van der Waals surface area contributed by atoms with E-state index >= 15 is 0 Å². The molecule has 13 heteroatoms. The standard InChI is InChI=1S/C26H31N9O4/c1-3-16(2)24(30-22(36)13-18-9-6-7-11-27-18)26(39)29-15-23(37)35-19-10-5-4-8-17(19)12-20(35)25(38)28-14-21-31-33-34-32-21/h4-11,16,20,24H,3,12-15H2,1-2H3,(H,28,38)(H,29,39)(H,30,36)(H,31,32,33,34)/t16?,20-,24?/m0/s1. The number of amides is 4. The van der Waals surface area contributed by atoms with Gasteiger partial charge in [0.05, 0.1) is 19.5 Å². The molecule has 3 atom stereocenters. The summed E-state index contributed by atoms with van der Waals surface area (Å²) in [5.41, 5.74) is 2.04. The molecule has 0 fully saturated rings. The molecule has 3 heterocycles. The lowest BCUT2D eigenvalue weighted by atomic mass is 9.98. The molecule has 2 aromatic heterocycles. The van der Waals surface area contributed by atoms with E-state index in [0.717, 1.165) is 5.56 Å². The molecule has 204 valence electrons. The van der Waals surface area contributed by atoms with Crippen LogP contribution in [0.3, 0.4) is 0 Å². The van der Waals surface area contributed by atoms with Crippen molar-refractivity contribution >= 4 is 29.3 Å². The third-order valence-corrected chi connectivity index (χ3v) is 6.65. The predicted molar refractivity (Wildman–Crippen MR) is 140 cm³/mol. The summed E-state index contributed by atoms with van der Waals surface area (Å²) in [6.07, 6.45) is 2.60. The van der Waals surface area contributed by atoms with Gasteiger partial charge < -0.3 is 16.0 Å². The summed E-state index contributed by atoms with van der Waals surface area (Å²) in [6, 6.07) is 10.9. The number of tetrazole rings is 1. The first kappa shape index (κ1) is 27.4. The zero-order valence-electron chi connectivity index (χ0n) is 21.8. The number of carbonyl (C=O) groups excluding carboxylic acids is 4. The maximum atomic E-state index is 13.4. The number of carbonyl (C=O) groups is 4. The number of para-hydroxylation sites is 1. The number of anilines is 1. The molecular weight excluding hydrogens is 502 g/mol. The van der Waals surface area contributed by atoms with Crippen LogP contribution in [0.25, 0.3) is 0 Å². The van der Waals surface area contributed by atoms with Crippen molar-refractivity contribution in [2.24, 2.45) is 5.92 Å². The van der Waals surface area contributed by atoms with Gasteiger partial charge in [-0.05, 0) is 29.7 Å². The fourth-order valence-electron chi connectivity index (χ4n) is 4.40. The van der Waals surface area contributed by atoms with Gasteiger partial charge in [0, 0.05) is 24.0 Å². The van der Waals surface area contributed by atoms with Gasteiger partial charge >= 0.3 is 0 Å². The van der Waals surface area contributed by atoms with E-state index in [2.05, 4.69) is 41.6 Å². The molecule has 3 aromatic rings. The molecule has 0 saturated heterocycles. The number of nitrogens with one attached hydrogen (secondary N) is 4. The van der Waals surface area contributed by atoms with Gasteiger partial charge in [-0.25, -0.2) is 0 Å². The minimum absolute atomic E-state index is 0.0329. The molecule has 0 saturated carbocycles. The number of benzene rings is 1. The molecule has 1 aliphatic rings. The van der Waals surface area contributed by atoms with E-state index in [1.807, 2.05) is 26.0 Å². The number of hydrogen-bond donors (Lipinski definition) is 4. The normalized spacial score (nSPS) is 15.6. The van der Waals surface area contributed by atoms with E-state index < -0.39 is 23.9 Å². The Hall–Kier alpha value is -4.68. The van der Waals surface area contributed by atoms with Crippen molar-refractivity contribution in [3.05, 3.63) is 65.7 Å². The first-order valence-corrected chi connectivity index (χ1v) is 12.7. The molecule has 13 nitrogen and oxygen atoms in total. The predicted octanol–water partition coefficient (Wildman–Crippen LogP) is 0.0586. The summed E-state index contributed by atoms with van der Waals surface area (Å²) in [5, 5.41) is 21.6. The van der Waals surface area contributed by atoms with Gasteiger partial charge in [0.15, 0.2) is 5.82 Å². The molecule has 39 heavy (non-hydrogen) atoms. The lowest BCUT2D eigenvalue weighted by Crippen LogP contribution is -2.54. The fourth-order valence-corrected chi connectivity index (χ4v) is 4.40. The second-order valence-electron chi connectivity index (χ2n) is 9.30. The Morgan fingerprint density at radius 1 is 1.10 bits per heavy atom. The van der Waals surface area contributed by atoms with Crippen LogP contribution in [0.2, 0.25) is 0 Å². The van der Waals surface area contributed by atoms with Crippen molar-refractivity contribution in [1.29, 1.82) is 0 Å². The zero-order valence-corrected chi connectivity index (χ0v) is 21.8. The summed E-state index contributed by atoms with van der Waals surface area (Å²) in [5.74, 6) is -1.51. The first-order valence-electron chi connectivity index (χ1n) is 12.7. The van der Waals surface area contributed by atoms with Gasteiger partial charge in [0.2, 0.25) is 23.6 Å². The van der Waals surface area contributed by atoms with Crippen LogP contribution in [0.5, 0.6) is 0 Å². The molecule has 4 amide bonds. The number of hydrogen-bond acceptors (Lipinski definition) is 8. The van der Waals surface area contributed by atoms with Crippen molar-refractivity contribution in [2.75, 3.05) is 11.4 Å². The average molecular weight is 534 g/mol. The summed E-state index contributed by atoms with van der Waals surface area (Å²) in [6.45, 7) is 3.48. The van der Waals surface area contributed by atoms with Gasteiger partial charge in [0.1, 0.15) is 12.1 Å². The molecule has 4 N–H and O–H groups in total. The van der Waals surface area contributed by atoms with Crippen LogP contribution in [-0.4, -0.2) is 67.9 Å².